The SMILES string of the molecule is [2H]C([2H])(C/C=C/C(=O)N(C)C)C(OC(=O)N(C)C)C(=O)O. The minimum absolute atomic E-state index is 0.358. The Morgan fingerprint density at radius 2 is 1.84 bits per heavy atom. The van der Waals surface area contributed by atoms with E-state index in [9.17, 15) is 14.4 Å². The number of ether oxygens (including phenoxy) is 1. The van der Waals surface area contributed by atoms with Gasteiger partial charge in [0.05, 0.1) is 0 Å². The lowest BCUT2D eigenvalue weighted by atomic mass is 10.2. The third-order valence-corrected chi connectivity index (χ3v) is 1.93. The Morgan fingerprint density at radius 1 is 1.26 bits per heavy atom. The summed E-state index contributed by atoms with van der Waals surface area (Å²) in [6.07, 6.45) is -3.32. The normalized spacial score (nSPS) is 14.3. The van der Waals surface area contributed by atoms with Gasteiger partial charge in [-0.1, -0.05) is 6.08 Å². The van der Waals surface area contributed by atoms with Gasteiger partial charge in [0.25, 0.3) is 0 Å². The van der Waals surface area contributed by atoms with Crippen molar-refractivity contribution in [1.82, 2.24) is 9.80 Å². The topological polar surface area (TPSA) is 87.2 Å². The first-order valence-corrected chi connectivity index (χ1v) is 5.47. The van der Waals surface area contributed by atoms with Crippen LogP contribution < -0.4 is 0 Å². The smallest absolute Gasteiger partial charge is 0.410 e. The molecule has 7 heteroatoms. The molecule has 0 aliphatic rings. The molecule has 0 saturated carbocycles. The number of hydrogen-bond acceptors (Lipinski definition) is 4. The lowest BCUT2D eigenvalue weighted by molar-refractivity contribution is -0.147. The number of carboxylic acids is 1. The molecule has 0 heterocycles. The molecule has 2 amide bonds. The van der Waals surface area contributed by atoms with Gasteiger partial charge in [-0.05, 0) is 18.9 Å². The summed E-state index contributed by atoms with van der Waals surface area (Å²) in [4.78, 5) is 36.0. The van der Waals surface area contributed by atoms with Gasteiger partial charge in [-0.3, -0.25) is 4.79 Å². The largest absolute Gasteiger partial charge is 0.479 e. The zero-order valence-corrected chi connectivity index (χ0v) is 11.4. The average molecular weight is 274 g/mol. The minimum Gasteiger partial charge on any atom is -0.479 e. The van der Waals surface area contributed by atoms with Crippen LogP contribution in [0, 0.1) is 0 Å². The van der Waals surface area contributed by atoms with Crippen molar-refractivity contribution in [3.8, 4) is 0 Å². The average Bonchev–Trinajstić information content (AvgIpc) is 2.34. The lowest BCUT2D eigenvalue weighted by Crippen LogP contribution is -2.32. The van der Waals surface area contributed by atoms with E-state index >= 15 is 0 Å². The molecule has 0 spiro atoms. The van der Waals surface area contributed by atoms with E-state index in [-0.39, 0.29) is 12.3 Å². The number of carboxylic acid groups (broad SMARTS) is 1. The molecular weight excluding hydrogens is 252 g/mol. The van der Waals surface area contributed by atoms with E-state index < -0.39 is 24.5 Å². The van der Waals surface area contributed by atoms with Crippen LogP contribution in [-0.4, -0.2) is 67.2 Å². The molecule has 7 nitrogen and oxygen atoms in total. The second-order valence-corrected chi connectivity index (χ2v) is 4.04. The molecule has 1 atom stereocenters. The second kappa shape index (κ2) is 8.12. The summed E-state index contributed by atoms with van der Waals surface area (Å²) in [5.74, 6) is -1.95. The number of amides is 2. The molecule has 0 aliphatic heterocycles. The zero-order valence-electron chi connectivity index (χ0n) is 13.4. The number of aliphatic carboxylic acids is 1. The standard InChI is InChI=1S/C12H20N2O5/c1-13(2)10(15)8-6-5-7-9(11(16)17)19-12(18)14(3)4/h6,8-9H,5,7H2,1-4H3,(H,16,17)/b8-6+/i7D2. The highest BCUT2D eigenvalue weighted by Gasteiger charge is 2.22. The Labute approximate surface area is 115 Å². The molecule has 0 bridgehead atoms. The Kier molecular flexibility index (Phi) is 5.72. The number of carbonyl (C=O) groups excluding carboxylic acids is 2. The van der Waals surface area contributed by atoms with Crippen LogP contribution in [-0.2, 0) is 14.3 Å². The number of allylic oxidation sites excluding steroid dienone is 1. The monoisotopic (exact) mass is 274 g/mol. The van der Waals surface area contributed by atoms with E-state index in [1.165, 1.54) is 39.2 Å². The van der Waals surface area contributed by atoms with Crippen molar-refractivity contribution in [2.75, 3.05) is 28.2 Å². The maximum absolute atomic E-state index is 11.4. The van der Waals surface area contributed by atoms with E-state index in [0.717, 1.165) is 11.0 Å². The number of nitrogens with zero attached hydrogens (tertiary/aromatic N) is 2. The van der Waals surface area contributed by atoms with E-state index in [2.05, 4.69) is 4.74 Å². The molecule has 0 aromatic rings. The summed E-state index contributed by atoms with van der Waals surface area (Å²) in [6.45, 7) is 0. The third-order valence-electron chi connectivity index (χ3n) is 1.93. The highest BCUT2D eigenvalue weighted by Crippen LogP contribution is 2.06. The predicted molar refractivity (Wildman–Crippen MR) is 68.7 cm³/mol. The molecule has 0 saturated heterocycles. The Balaban J connectivity index is 4.92. The predicted octanol–water partition coefficient (Wildman–Crippen LogP) is 0.562. The highest BCUT2D eigenvalue weighted by atomic mass is 16.6. The second-order valence-electron chi connectivity index (χ2n) is 4.04. The number of hydrogen-bond donors (Lipinski definition) is 1. The maximum atomic E-state index is 11.4. The van der Waals surface area contributed by atoms with Gasteiger partial charge in [0.2, 0.25) is 12.0 Å². The van der Waals surface area contributed by atoms with Gasteiger partial charge in [-0.15, -0.1) is 0 Å². The molecule has 108 valence electrons. The summed E-state index contributed by atoms with van der Waals surface area (Å²) >= 11 is 0. The number of likely N-dealkylation sites (N-methyl/N-ethyl adjacent to an activating group) is 1. The molecule has 0 aliphatic carbocycles. The first-order valence-electron chi connectivity index (χ1n) is 6.47. The molecule has 0 fully saturated rings. The van der Waals surface area contributed by atoms with Crippen LogP contribution >= 0.6 is 0 Å². The van der Waals surface area contributed by atoms with Crippen LogP contribution in [0.5, 0.6) is 0 Å². The fourth-order valence-corrected chi connectivity index (χ4v) is 0.870. The van der Waals surface area contributed by atoms with Crippen molar-refractivity contribution >= 4 is 18.0 Å². The van der Waals surface area contributed by atoms with Crippen molar-refractivity contribution in [2.24, 2.45) is 0 Å². The van der Waals surface area contributed by atoms with Crippen LogP contribution in [0.25, 0.3) is 0 Å². The van der Waals surface area contributed by atoms with Gasteiger partial charge in [-0.2, -0.15) is 0 Å². The first-order chi connectivity index (χ1) is 9.49. The summed E-state index contributed by atoms with van der Waals surface area (Å²) in [5.41, 5.74) is 0. The van der Waals surface area contributed by atoms with Gasteiger partial charge in [0, 0.05) is 30.9 Å². The Morgan fingerprint density at radius 3 is 2.26 bits per heavy atom. The molecular formula is C12H20N2O5. The molecule has 0 aromatic heterocycles. The number of carbonyl (C=O) groups is 3. The van der Waals surface area contributed by atoms with E-state index in [1.807, 2.05) is 0 Å². The zero-order chi connectivity index (χ0) is 16.8. The fourth-order valence-electron chi connectivity index (χ4n) is 0.870. The van der Waals surface area contributed by atoms with Crippen molar-refractivity contribution in [3.05, 3.63) is 12.2 Å². The third kappa shape index (κ3) is 7.07. The van der Waals surface area contributed by atoms with Crippen molar-refractivity contribution < 1.29 is 27.0 Å². The molecule has 0 radical (unpaired) electrons. The summed E-state index contributed by atoms with van der Waals surface area (Å²) in [6, 6.07) is 0. The van der Waals surface area contributed by atoms with Crippen LogP contribution in [0.2, 0.25) is 0 Å². The van der Waals surface area contributed by atoms with Gasteiger partial charge in [0.1, 0.15) is 0 Å². The van der Waals surface area contributed by atoms with Gasteiger partial charge in [0.15, 0.2) is 0 Å². The van der Waals surface area contributed by atoms with Crippen molar-refractivity contribution in [3.63, 3.8) is 0 Å². The van der Waals surface area contributed by atoms with Crippen LogP contribution in [0.1, 0.15) is 15.5 Å². The van der Waals surface area contributed by atoms with Crippen molar-refractivity contribution in [2.45, 2.75) is 18.9 Å². The summed E-state index contributed by atoms with van der Waals surface area (Å²) < 4.78 is 20.1. The van der Waals surface area contributed by atoms with Crippen LogP contribution in [0.4, 0.5) is 4.79 Å². The maximum Gasteiger partial charge on any atom is 0.410 e. The Bertz CT molecular complexity index is 435. The minimum atomic E-state index is -2.35. The quantitative estimate of drug-likeness (QED) is 0.715. The highest BCUT2D eigenvalue weighted by molar-refractivity contribution is 5.87. The van der Waals surface area contributed by atoms with Crippen LogP contribution in [0.3, 0.4) is 0 Å². The molecule has 0 aromatic carbocycles. The summed E-state index contributed by atoms with van der Waals surface area (Å²) in [5, 5.41) is 9.00. The van der Waals surface area contributed by atoms with Crippen LogP contribution in [0.15, 0.2) is 12.2 Å². The van der Waals surface area contributed by atoms with Crippen molar-refractivity contribution in [1.29, 1.82) is 0 Å². The van der Waals surface area contributed by atoms with E-state index in [4.69, 9.17) is 7.85 Å². The summed E-state index contributed by atoms with van der Waals surface area (Å²) in [7, 11) is 5.76. The van der Waals surface area contributed by atoms with Gasteiger partial charge in [-0.25, -0.2) is 9.59 Å². The Hall–Kier alpha value is -2.05. The molecule has 1 N–H and O–H groups in total. The molecule has 19 heavy (non-hydrogen) atoms. The van der Waals surface area contributed by atoms with Gasteiger partial charge >= 0.3 is 12.1 Å². The van der Waals surface area contributed by atoms with E-state index in [0.29, 0.717) is 0 Å². The molecule has 1 unspecified atom stereocenters. The number of rotatable bonds is 6. The first kappa shape index (κ1) is 13.4. The lowest BCUT2D eigenvalue weighted by Gasteiger charge is -2.16. The fraction of sp³-hybridized carbons (Fsp3) is 0.583. The van der Waals surface area contributed by atoms with Gasteiger partial charge < -0.3 is 19.6 Å². The van der Waals surface area contributed by atoms with E-state index in [1.54, 1.807) is 0 Å². The molecule has 0 rings (SSSR count).